The minimum atomic E-state index is -0.118. The van der Waals surface area contributed by atoms with Crippen LogP contribution in [-0.2, 0) is 6.54 Å². The molecule has 1 amide bonds. The fourth-order valence-electron chi connectivity index (χ4n) is 4.37. The Kier molecular flexibility index (Phi) is 7.33. The summed E-state index contributed by atoms with van der Waals surface area (Å²) in [7, 11) is 0. The SMILES string of the molecule is Cl.O=C(Nc1ccc2nccnc2c1)c1ccc(-c2ccccc2)c(CN2CCCCC2)c1. The van der Waals surface area contributed by atoms with Gasteiger partial charge >= 0.3 is 0 Å². The molecule has 1 fully saturated rings. The van der Waals surface area contributed by atoms with Gasteiger partial charge in [0.1, 0.15) is 0 Å². The molecule has 1 N–H and O–H groups in total. The number of piperidine rings is 1. The Hall–Kier alpha value is -3.28. The monoisotopic (exact) mass is 458 g/mol. The van der Waals surface area contributed by atoms with E-state index >= 15 is 0 Å². The molecule has 2 heterocycles. The van der Waals surface area contributed by atoms with Crippen LogP contribution in [0.15, 0.2) is 79.1 Å². The standard InChI is InChI=1S/C27H26N4O.ClH/c32-27(30-23-10-12-25-26(18-23)29-14-13-28-25)21-9-11-24(20-7-3-1-4-8-20)22(17-21)19-31-15-5-2-6-16-31;/h1,3-4,7-14,17-18H,2,5-6,15-16,19H2,(H,30,32);1H. The van der Waals surface area contributed by atoms with Crippen molar-refractivity contribution in [1.82, 2.24) is 14.9 Å². The zero-order valence-electron chi connectivity index (χ0n) is 18.4. The number of aromatic nitrogens is 2. The van der Waals surface area contributed by atoms with Crippen molar-refractivity contribution >= 4 is 35.0 Å². The summed E-state index contributed by atoms with van der Waals surface area (Å²) in [6.45, 7) is 3.09. The highest BCUT2D eigenvalue weighted by Crippen LogP contribution is 2.27. The second-order valence-electron chi connectivity index (χ2n) is 8.29. The zero-order chi connectivity index (χ0) is 21.8. The fourth-order valence-corrected chi connectivity index (χ4v) is 4.37. The maximum absolute atomic E-state index is 13.1. The van der Waals surface area contributed by atoms with Crippen LogP contribution in [0.3, 0.4) is 0 Å². The molecule has 0 aliphatic carbocycles. The average molecular weight is 459 g/mol. The van der Waals surface area contributed by atoms with Gasteiger partial charge in [-0.2, -0.15) is 0 Å². The summed E-state index contributed by atoms with van der Waals surface area (Å²) >= 11 is 0. The van der Waals surface area contributed by atoms with Crippen molar-refractivity contribution in [1.29, 1.82) is 0 Å². The zero-order valence-corrected chi connectivity index (χ0v) is 19.2. The Morgan fingerprint density at radius 2 is 1.61 bits per heavy atom. The first-order valence-electron chi connectivity index (χ1n) is 11.2. The lowest BCUT2D eigenvalue weighted by Crippen LogP contribution is -2.29. The number of carbonyl (C=O) groups is 1. The van der Waals surface area contributed by atoms with Crippen molar-refractivity contribution in [3.8, 4) is 11.1 Å². The van der Waals surface area contributed by atoms with Crippen LogP contribution in [0.2, 0.25) is 0 Å². The van der Waals surface area contributed by atoms with E-state index in [0.717, 1.165) is 30.7 Å². The Labute approximate surface area is 200 Å². The summed E-state index contributed by atoms with van der Waals surface area (Å²) in [6, 6.07) is 22.0. The van der Waals surface area contributed by atoms with Gasteiger partial charge in [-0.15, -0.1) is 12.4 Å². The summed E-state index contributed by atoms with van der Waals surface area (Å²) in [5.41, 5.74) is 6.50. The molecular weight excluding hydrogens is 432 g/mol. The van der Waals surface area contributed by atoms with E-state index < -0.39 is 0 Å². The molecule has 0 saturated carbocycles. The van der Waals surface area contributed by atoms with Gasteiger partial charge in [-0.25, -0.2) is 0 Å². The summed E-state index contributed by atoms with van der Waals surface area (Å²) in [5, 5.41) is 3.02. The highest BCUT2D eigenvalue weighted by atomic mass is 35.5. The van der Waals surface area contributed by atoms with Crippen LogP contribution in [-0.4, -0.2) is 33.9 Å². The number of fused-ring (bicyclic) bond motifs is 1. The second kappa shape index (κ2) is 10.6. The molecule has 0 radical (unpaired) electrons. The summed E-state index contributed by atoms with van der Waals surface area (Å²) < 4.78 is 0. The summed E-state index contributed by atoms with van der Waals surface area (Å²) in [4.78, 5) is 24.2. The first-order valence-corrected chi connectivity index (χ1v) is 11.2. The first-order chi connectivity index (χ1) is 15.8. The third-order valence-corrected chi connectivity index (χ3v) is 6.02. The van der Waals surface area contributed by atoms with Crippen LogP contribution < -0.4 is 5.32 Å². The lowest BCUT2D eigenvalue weighted by Gasteiger charge is -2.27. The highest BCUT2D eigenvalue weighted by molar-refractivity contribution is 6.05. The largest absolute Gasteiger partial charge is 0.322 e. The van der Waals surface area contributed by atoms with E-state index in [-0.39, 0.29) is 18.3 Å². The molecular formula is C27H27ClN4O. The molecule has 5 nitrogen and oxygen atoms in total. The van der Waals surface area contributed by atoms with E-state index in [1.165, 1.54) is 36.0 Å². The molecule has 0 spiro atoms. The summed E-state index contributed by atoms with van der Waals surface area (Å²) in [5.74, 6) is -0.118. The van der Waals surface area contributed by atoms with Crippen LogP contribution >= 0.6 is 12.4 Å². The number of likely N-dealkylation sites (tertiary alicyclic amines) is 1. The van der Waals surface area contributed by atoms with Gasteiger partial charge in [0, 0.05) is 30.2 Å². The second-order valence-corrected chi connectivity index (χ2v) is 8.29. The third-order valence-electron chi connectivity index (χ3n) is 6.02. The molecule has 6 heteroatoms. The molecule has 1 aliphatic rings. The van der Waals surface area contributed by atoms with Gasteiger partial charge in [0.05, 0.1) is 11.0 Å². The lowest BCUT2D eigenvalue weighted by molar-refractivity contribution is 0.102. The van der Waals surface area contributed by atoms with Crippen LogP contribution in [0, 0.1) is 0 Å². The molecule has 1 aromatic heterocycles. The Bertz CT molecular complexity index is 1240. The van der Waals surface area contributed by atoms with Crippen molar-refractivity contribution in [3.05, 3.63) is 90.3 Å². The fraction of sp³-hybridized carbons (Fsp3) is 0.222. The quantitative estimate of drug-likeness (QED) is 0.401. The smallest absolute Gasteiger partial charge is 0.255 e. The number of amides is 1. The topological polar surface area (TPSA) is 58.1 Å². The van der Waals surface area contributed by atoms with E-state index in [0.29, 0.717) is 11.3 Å². The predicted octanol–water partition coefficient (Wildman–Crippen LogP) is 5.96. The maximum atomic E-state index is 13.1. The van der Waals surface area contributed by atoms with Crippen molar-refractivity contribution in [2.75, 3.05) is 18.4 Å². The first kappa shape index (κ1) is 22.9. The van der Waals surface area contributed by atoms with Crippen molar-refractivity contribution in [2.45, 2.75) is 25.8 Å². The number of nitrogens with zero attached hydrogens (tertiary/aromatic N) is 3. The van der Waals surface area contributed by atoms with Crippen LogP contribution in [0.25, 0.3) is 22.2 Å². The maximum Gasteiger partial charge on any atom is 0.255 e. The van der Waals surface area contributed by atoms with E-state index in [4.69, 9.17) is 0 Å². The van der Waals surface area contributed by atoms with Gasteiger partial charge in [0.2, 0.25) is 0 Å². The minimum Gasteiger partial charge on any atom is -0.322 e. The Morgan fingerprint density at radius 1 is 0.848 bits per heavy atom. The normalized spacial score (nSPS) is 13.9. The van der Waals surface area contributed by atoms with E-state index in [1.54, 1.807) is 12.4 Å². The van der Waals surface area contributed by atoms with Crippen LogP contribution in [0.4, 0.5) is 5.69 Å². The van der Waals surface area contributed by atoms with Crippen molar-refractivity contribution in [3.63, 3.8) is 0 Å². The van der Waals surface area contributed by atoms with E-state index in [1.807, 2.05) is 36.4 Å². The number of nitrogens with one attached hydrogen (secondary N) is 1. The molecule has 3 aromatic carbocycles. The molecule has 168 valence electrons. The number of hydrogen-bond acceptors (Lipinski definition) is 4. The van der Waals surface area contributed by atoms with Crippen molar-refractivity contribution in [2.24, 2.45) is 0 Å². The molecule has 33 heavy (non-hydrogen) atoms. The van der Waals surface area contributed by atoms with Crippen LogP contribution in [0.1, 0.15) is 35.2 Å². The lowest BCUT2D eigenvalue weighted by atomic mass is 9.96. The van der Waals surface area contributed by atoms with E-state index in [2.05, 4.69) is 50.5 Å². The van der Waals surface area contributed by atoms with Gasteiger partial charge in [-0.3, -0.25) is 19.7 Å². The number of rotatable bonds is 5. The predicted molar refractivity (Wildman–Crippen MR) is 136 cm³/mol. The number of carbonyl (C=O) groups excluding carboxylic acids is 1. The Morgan fingerprint density at radius 3 is 2.39 bits per heavy atom. The van der Waals surface area contributed by atoms with Gasteiger partial charge in [-0.05, 0) is 73.0 Å². The molecule has 1 aliphatic heterocycles. The molecule has 0 bridgehead atoms. The summed E-state index contributed by atoms with van der Waals surface area (Å²) in [6.07, 6.45) is 7.11. The van der Waals surface area contributed by atoms with E-state index in [9.17, 15) is 4.79 Å². The van der Waals surface area contributed by atoms with Gasteiger partial charge < -0.3 is 5.32 Å². The molecule has 4 aromatic rings. The minimum absolute atomic E-state index is 0. The number of hydrogen-bond donors (Lipinski definition) is 1. The number of benzene rings is 3. The van der Waals surface area contributed by atoms with Crippen molar-refractivity contribution < 1.29 is 4.79 Å². The van der Waals surface area contributed by atoms with Gasteiger partial charge in [-0.1, -0.05) is 42.8 Å². The Balaban J connectivity index is 0.00000259. The molecule has 5 rings (SSSR count). The number of anilines is 1. The van der Waals surface area contributed by atoms with Crippen LogP contribution in [0.5, 0.6) is 0 Å². The van der Waals surface area contributed by atoms with Gasteiger partial charge in [0.25, 0.3) is 5.91 Å². The highest BCUT2D eigenvalue weighted by Gasteiger charge is 2.16. The average Bonchev–Trinajstić information content (AvgIpc) is 2.85. The molecule has 0 atom stereocenters. The third kappa shape index (κ3) is 5.38. The number of halogens is 1. The molecule has 1 saturated heterocycles. The molecule has 0 unspecified atom stereocenters. The van der Waals surface area contributed by atoms with Gasteiger partial charge in [0.15, 0.2) is 0 Å².